The zero-order chi connectivity index (χ0) is 21.4. The number of fused-ring (bicyclic) bond motifs is 2. The monoisotopic (exact) mass is 419 g/mol. The molecule has 0 spiro atoms. The highest BCUT2D eigenvalue weighted by atomic mass is 16.5. The molecule has 1 fully saturated rings. The Morgan fingerprint density at radius 3 is 2.87 bits per heavy atom. The lowest BCUT2D eigenvalue weighted by Gasteiger charge is -2.25. The molecule has 0 saturated heterocycles. The van der Waals surface area contributed by atoms with Crippen molar-refractivity contribution in [3.05, 3.63) is 48.4 Å². The molecule has 5 rings (SSSR count). The highest BCUT2D eigenvalue weighted by Crippen LogP contribution is 2.38. The van der Waals surface area contributed by atoms with Crippen molar-refractivity contribution in [3.8, 4) is 11.1 Å². The third-order valence-electron chi connectivity index (χ3n) is 6.32. The van der Waals surface area contributed by atoms with Crippen LogP contribution in [0.3, 0.4) is 0 Å². The number of aliphatic hydroxyl groups excluding tert-OH is 1. The fourth-order valence-corrected chi connectivity index (χ4v) is 4.71. The first kappa shape index (κ1) is 20.0. The fourth-order valence-electron chi connectivity index (χ4n) is 4.71. The molecule has 3 heterocycles. The Hall–Kier alpha value is -2.90. The van der Waals surface area contributed by atoms with Crippen LogP contribution in [0.2, 0.25) is 0 Å². The van der Waals surface area contributed by atoms with Crippen LogP contribution in [0.4, 0.5) is 5.95 Å². The van der Waals surface area contributed by atoms with E-state index in [1.54, 1.807) is 7.11 Å². The van der Waals surface area contributed by atoms with Crippen LogP contribution >= 0.6 is 0 Å². The fraction of sp³-hybridized carbons (Fsp3) is 0.417. The number of nitrogens with one attached hydrogen (secondary N) is 2. The van der Waals surface area contributed by atoms with Crippen LogP contribution in [-0.2, 0) is 4.74 Å². The van der Waals surface area contributed by atoms with Crippen molar-refractivity contribution in [2.24, 2.45) is 0 Å². The van der Waals surface area contributed by atoms with Gasteiger partial charge >= 0.3 is 0 Å². The van der Waals surface area contributed by atoms with Gasteiger partial charge in [0.2, 0.25) is 5.95 Å². The molecule has 162 valence electrons. The zero-order valence-electron chi connectivity index (χ0n) is 18.0. The molecular weight excluding hydrogens is 390 g/mol. The lowest BCUT2D eigenvalue weighted by atomic mass is 9.85. The van der Waals surface area contributed by atoms with E-state index in [9.17, 15) is 5.11 Å². The summed E-state index contributed by atoms with van der Waals surface area (Å²) in [5, 5.41) is 19.4. The maximum atomic E-state index is 9.99. The van der Waals surface area contributed by atoms with E-state index in [-0.39, 0.29) is 12.1 Å². The molecule has 3 N–H and O–H groups in total. The first-order chi connectivity index (χ1) is 15.1. The maximum absolute atomic E-state index is 9.99. The predicted molar refractivity (Wildman–Crippen MR) is 122 cm³/mol. The van der Waals surface area contributed by atoms with Crippen LogP contribution in [0.15, 0.2) is 42.7 Å². The Labute approximate surface area is 181 Å². The van der Waals surface area contributed by atoms with Crippen LogP contribution in [0.5, 0.6) is 0 Å². The van der Waals surface area contributed by atoms with E-state index in [4.69, 9.17) is 9.84 Å². The van der Waals surface area contributed by atoms with Gasteiger partial charge in [-0.1, -0.05) is 6.07 Å². The van der Waals surface area contributed by atoms with Crippen molar-refractivity contribution in [1.82, 2.24) is 19.6 Å². The topological polar surface area (TPSA) is 87.5 Å². The van der Waals surface area contributed by atoms with Crippen LogP contribution in [0.25, 0.3) is 27.5 Å². The lowest BCUT2D eigenvalue weighted by Crippen LogP contribution is -2.23. The number of rotatable bonds is 6. The summed E-state index contributed by atoms with van der Waals surface area (Å²) in [6, 6.07) is 11.0. The Balaban J connectivity index is 1.60. The molecule has 7 heteroatoms. The van der Waals surface area contributed by atoms with Gasteiger partial charge in [0.15, 0.2) is 0 Å². The number of nitrogens with zero attached hydrogens (tertiary/aromatic N) is 3. The van der Waals surface area contributed by atoms with Crippen molar-refractivity contribution in [1.29, 1.82) is 0 Å². The van der Waals surface area contributed by atoms with E-state index in [1.807, 2.05) is 23.8 Å². The standard InChI is InChI=1S/C24H29N5O2/c1-15(14-31-2)27-24-26-13-23-20(17-5-8-21-18(11-17)9-10-25-21)12-22(29(23)28-24)16-3-6-19(30)7-4-16/h5,8-13,15-16,19,25,30H,3-4,6-7,14H2,1-2H3,(H,27,28)/t15-,16-,19-/m0/s1. The van der Waals surface area contributed by atoms with Crippen molar-refractivity contribution >= 4 is 22.4 Å². The van der Waals surface area contributed by atoms with Crippen LogP contribution in [-0.4, -0.2) is 50.6 Å². The van der Waals surface area contributed by atoms with E-state index >= 15 is 0 Å². The number of H-pyrrole nitrogens is 1. The maximum Gasteiger partial charge on any atom is 0.241 e. The molecule has 31 heavy (non-hydrogen) atoms. The number of aromatic amines is 1. The summed E-state index contributed by atoms with van der Waals surface area (Å²) in [5.41, 5.74) is 5.62. The molecule has 0 amide bonds. The molecule has 3 aromatic heterocycles. The van der Waals surface area contributed by atoms with Gasteiger partial charge in [0, 0.05) is 42.0 Å². The molecule has 0 radical (unpaired) electrons. The second-order valence-electron chi connectivity index (χ2n) is 8.65. The number of hydrogen-bond donors (Lipinski definition) is 3. The number of hydrogen-bond acceptors (Lipinski definition) is 5. The van der Waals surface area contributed by atoms with Crippen molar-refractivity contribution in [2.45, 2.75) is 50.7 Å². The van der Waals surface area contributed by atoms with E-state index in [1.165, 1.54) is 11.1 Å². The van der Waals surface area contributed by atoms with Gasteiger partial charge < -0.3 is 20.1 Å². The van der Waals surface area contributed by atoms with Crippen molar-refractivity contribution in [3.63, 3.8) is 0 Å². The minimum Gasteiger partial charge on any atom is -0.393 e. The van der Waals surface area contributed by atoms with Crippen LogP contribution in [0, 0.1) is 0 Å². The average Bonchev–Trinajstić information content (AvgIpc) is 3.38. The van der Waals surface area contributed by atoms with E-state index in [0.717, 1.165) is 47.8 Å². The summed E-state index contributed by atoms with van der Waals surface area (Å²) in [6.07, 6.45) is 7.31. The molecule has 1 aromatic carbocycles. The van der Waals surface area contributed by atoms with Crippen molar-refractivity contribution < 1.29 is 9.84 Å². The summed E-state index contributed by atoms with van der Waals surface area (Å²) in [5.74, 6) is 0.970. The first-order valence-electron chi connectivity index (χ1n) is 11.0. The second-order valence-corrected chi connectivity index (χ2v) is 8.65. The molecule has 0 bridgehead atoms. The molecule has 4 aromatic rings. The number of anilines is 1. The number of methoxy groups -OCH3 is 1. The molecule has 0 aliphatic heterocycles. The smallest absolute Gasteiger partial charge is 0.241 e. The van der Waals surface area contributed by atoms with Crippen LogP contribution in [0.1, 0.15) is 44.2 Å². The highest BCUT2D eigenvalue weighted by Gasteiger charge is 2.25. The van der Waals surface area contributed by atoms with Gasteiger partial charge in [0.05, 0.1) is 24.4 Å². The third kappa shape index (κ3) is 3.91. The lowest BCUT2D eigenvalue weighted by molar-refractivity contribution is 0.121. The van der Waals surface area contributed by atoms with Crippen LogP contribution < -0.4 is 5.32 Å². The Morgan fingerprint density at radius 2 is 2.06 bits per heavy atom. The van der Waals surface area contributed by atoms with Gasteiger partial charge in [-0.05, 0) is 67.8 Å². The summed E-state index contributed by atoms with van der Waals surface area (Å²) in [4.78, 5) is 7.85. The average molecular weight is 420 g/mol. The van der Waals surface area contributed by atoms with Gasteiger partial charge in [-0.2, -0.15) is 0 Å². The Kier molecular flexibility index (Phi) is 5.38. The molecule has 7 nitrogen and oxygen atoms in total. The minimum absolute atomic E-state index is 0.113. The van der Waals surface area contributed by atoms with E-state index in [2.05, 4.69) is 45.6 Å². The van der Waals surface area contributed by atoms with Gasteiger partial charge in [-0.25, -0.2) is 9.50 Å². The van der Waals surface area contributed by atoms with E-state index in [0.29, 0.717) is 18.5 Å². The summed E-state index contributed by atoms with van der Waals surface area (Å²) < 4.78 is 7.28. The SMILES string of the molecule is COC[C@H](C)Nc1ncc2c(-c3ccc4[nH]ccc4c3)cc([C@H]3CC[C@H](O)CC3)n2n1. The molecule has 1 aliphatic carbocycles. The summed E-state index contributed by atoms with van der Waals surface area (Å²) in [6.45, 7) is 2.63. The third-order valence-corrected chi connectivity index (χ3v) is 6.32. The molecular formula is C24H29N5O2. The summed E-state index contributed by atoms with van der Waals surface area (Å²) >= 11 is 0. The number of aromatic nitrogens is 4. The van der Waals surface area contributed by atoms with Gasteiger partial charge in [-0.3, -0.25) is 0 Å². The quantitative estimate of drug-likeness (QED) is 0.433. The molecule has 0 unspecified atom stereocenters. The van der Waals surface area contributed by atoms with Crippen molar-refractivity contribution in [2.75, 3.05) is 19.0 Å². The zero-order valence-corrected chi connectivity index (χ0v) is 18.0. The van der Waals surface area contributed by atoms with Gasteiger partial charge in [0.1, 0.15) is 0 Å². The normalized spacial score (nSPS) is 20.4. The molecule has 1 atom stereocenters. The van der Waals surface area contributed by atoms with Gasteiger partial charge in [-0.15, -0.1) is 5.10 Å². The largest absolute Gasteiger partial charge is 0.393 e. The Morgan fingerprint density at radius 1 is 1.23 bits per heavy atom. The number of ether oxygens (including phenoxy) is 1. The highest BCUT2D eigenvalue weighted by molar-refractivity contribution is 5.89. The molecule has 1 saturated carbocycles. The predicted octanol–water partition coefficient (Wildman–Crippen LogP) is 4.34. The Bertz CT molecular complexity index is 1190. The van der Waals surface area contributed by atoms with E-state index < -0.39 is 0 Å². The minimum atomic E-state index is -0.181. The second kappa shape index (κ2) is 8.32. The first-order valence-corrected chi connectivity index (χ1v) is 11.0. The number of aliphatic hydroxyl groups is 1. The number of benzene rings is 1. The molecule has 1 aliphatic rings. The summed E-state index contributed by atoms with van der Waals surface area (Å²) in [7, 11) is 1.69. The van der Waals surface area contributed by atoms with Gasteiger partial charge in [0.25, 0.3) is 0 Å².